The second kappa shape index (κ2) is 9.29. The van der Waals surface area contributed by atoms with Crippen LogP contribution in [-0.4, -0.2) is 38.6 Å². The smallest absolute Gasteiger partial charge is 0.225 e. The predicted molar refractivity (Wildman–Crippen MR) is 120 cm³/mol. The van der Waals surface area contributed by atoms with Gasteiger partial charge in [-0.25, -0.2) is 8.42 Å². The minimum absolute atomic E-state index is 0.104. The fourth-order valence-corrected chi connectivity index (χ4v) is 5.91. The Morgan fingerprint density at radius 2 is 1.88 bits per heavy atom. The fourth-order valence-electron chi connectivity index (χ4n) is 4.32. The third-order valence-electron chi connectivity index (χ3n) is 6.34. The number of sulfone groups is 1. The summed E-state index contributed by atoms with van der Waals surface area (Å²) in [6.07, 6.45) is 3.34. The lowest BCUT2D eigenvalue weighted by molar-refractivity contribution is -0.126. The second-order valence-electron chi connectivity index (χ2n) is 8.87. The van der Waals surface area contributed by atoms with Crippen LogP contribution in [0.4, 0.5) is 0 Å². The number of rotatable bonds is 9. The first-order valence-electron chi connectivity index (χ1n) is 11.0. The molecular formula is C24H27N3O4S. The number of fused-ring (bicyclic) bond motifs is 1. The van der Waals surface area contributed by atoms with Crippen LogP contribution in [-0.2, 0) is 19.4 Å². The van der Waals surface area contributed by atoms with Gasteiger partial charge in [-0.05, 0) is 48.1 Å². The summed E-state index contributed by atoms with van der Waals surface area (Å²) in [5.41, 5.74) is 0. The van der Waals surface area contributed by atoms with E-state index in [-0.39, 0.29) is 28.9 Å². The molecule has 1 saturated heterocycles. The summed E-state index contributed by atoms with van der Waals surface area (Å²) in [7, 11) is -3.70. The van der Waals surface area contributed by atoms with Gasteiger partial charge >= 0.3 is 0 Å². The summed E-state index contributed by atoms with van der Waals surface area (Å²) in [4.78, 5) is 25.0. The van der Waals surface area contributed by atoms with Crippen molar-refractivity contribution in [3.63, 3.8) is 0 Å². The van der Waals surface area contributed by atoms with Crippen LogP contribution < -0.4 is 10.6 Å². The molecule has 7 nitrogen and oxygen atoms in total. The molecule has 2 fully saturated rings. The molecule has 2 N–H and O–H groups in total. The minimum Gasteiger partial charge on any atom is -0.356 e. The summed E-state index contributed by atoms with van der Waals surface area (Å²) >= 11 is 0. The average Bonchev–Trinajstić information content (AvgIpc) is 3.52. The standard InChI is InChI=1S/C24H27N3O4S/c25-14-21(12-19-9-10-26-23(19)28)27-24(29)20(11-16-5-6-16)15-32(30,31)22-8-7-17-3-1-2-4-18(17)13-22/h1-4,7-8,13,16,19-21H,5-6,9-12,15H2,(H,26,28)(H,27,29). The van der Waals surface area contributed by atoms with Gasteiger partial charge in [0, 0.05) is 12.5 Å². The summed E-state index contributed by atoms with van der Waals surface area (Å²) in [5.74, 6) is -1.51. The van der Waals surface area contributed by atoms with Gasteiger partial charge in [-0.15, -0.1) is 0 Å². The lowest BCUT2D eigenvalue weighted by atomic mass is 9.97. The Morgan fingerprint density at radius 1 is 1.12 bits per heavy atom. The molecule has 32 heavy (non-hydrogen) atoms. The van der Waals surface area contributed by atoms with Crippen LogP contribution in [0.25, 0.3) is 10.8 Å². The zero-order chi connectivity index (χ0) is 22.7. The third-order valence-corrected chi connectivity index (χ3v) is 8.15. The molecule has 1 aliphatic heterocycles. The molecule has 8 heteroatoms. The fraction of sp³-hybridized carbons (Fsp3) is 0.458. The van der Waals surface area contributed by atoms with Gasteiger partial charge < -0.3 is 10.6 Å². The van der Waals surface area contributed by atoms with Crippen LogP contribution in [0.2, 0.25) is 0 Å². The molecule has 0 radical (unpaired) electrons. The Labute approximate surface area is 188 Å². The summed E-state index contributed by atoms with van der Waals surface area (Å²) in [6, 6.07) is 13.8. The zero-order valence-electron chi connectivity index (χ0n) is 17.8. The highest BCUT2D eigenvalue weighted by Crippen LogP contribution is 2.36. The molecule has 2 aromatic carbocycles. The molecule has 3 atom stereocenters. The molecule has 0 bridgehead atoms. The predicted octanol–water partition coefficient (Wildman–Crippen LogP) is 2.56. The van der Waals surface area contributed by atoms with Gasteiger partial charge in [0.25, 0.3) is 0 Å². The Balaban J connectivity index is 1.48. The Hall–Kier alpha value is -2.92. The molecule has 3 unspecified atom stereocenters. The van der Waals surface area contributed by atoms with Crippen molar-refractivity contribution < 1.29 is 18.0 Å². The van der Waals surface area contributed by atoms with Crippen molar-refractivity contribution in [2.24, 2.45) is 17.8 Å². The minimum atomic E-state index is -3.70. The SMILES string of the molecule is N#CC(CC1CCNC1=O)NC(=O)C(CC1CC1)CS(=O)(=O)c1ccc2ccccc2c1. The maximum atomic E-state index is 13.2. The van der Waals surface area contributed by atoms with E-state index >= 15 is 0 Å². The molecule has 168 valence electrons. The van der Waals surface area contributed by atoms with Gasteiger partial charge in [0.15, 0.2) is 9.84 Å². The maximum absolute atomic E-state index is 13.2. The van der Waals surface area contributed by atoms with E-state index in [1.807, 2.05) is 24.3 Å². The maximum Gasteiger partial charge on any atom is 0.225 e. The van der Waals surface area contributed by atoms with Gasteiger partial charge in [-0.1, -0.05) is 43.2 Å². The number of nitrogens with one attached hydrogen (secondary N) is 2. The number of hydrogen-bond donors (Lipinski definition) is 2. The van der Waals surface area contributed by atoms with E-state index < -0.39 is 27.7 Å². The number of carbonyl (C=O) groups excluding carboxylic acids is 2. The van der Waals surface area contributed by atoms with Crippen molar-refractivity contribution >= 4 is 32.4 Å². The Morgan fingerprint density at radius 3 is 2.53 bits per heavy atom. The van der Waals surface area contributed by atoms with Crippen LogP contribution in [0, 0.1) is 29.1 Å². The Bertz CT molecular complexity index is 1170. The monoisotopic (exact) mass is 453 g/mol. The van der Waals surface area contributed by atoms with E-state index in [1.54, 1.807) is 18.2 Å². The lowest BCUT2D eigenvalue weighted by Gasteiger charge is -2.20. The van der Waals surface area contributed by atoms with Crippen molar-refractivity contribution in [3.05, 3.63) is 42.5 Å². The van der Waals surface area contributed by atoms with Crippen molar-refractivity contribution in [1.82, 2.24) is 10.6 Å². The first kappa shape index (κ1) is 22.3. The van der Waals surface area contributed by atoms with E-state index in [9.17, 15) is 23.3 Å². The van der Waals surface area contributed by atoms with E-state index in [1.165, 1.54) is 0 Å². The van der Waals surface area contributed by atoms with Crippen LogP contribution in [0.5, 0.6) is 0 Å². The first-order valence-corrected chi connectivity index (χ1v) is 12.7. The summed E-state index contributed by atoms with van der Waals surface area (Å²) < 4.78 is 26.3. The number of benzene rings is 2. The quantitative estimate of drug-likeness (QED) is 0.605. The number of carbonyl (C=O) groups is 2. The van der Waals surface area contributed by atoms with Crippen molar-refractivity contribution in [1.29, 1.82) is 5.26 Å². The van der Waals surface area contributed by atoms with Gasteiger partial charge in [0.1, 0.15) is 6.04 Å². The van der Waals surface area contributed by atoms with Gasteiger partial charge in [0.2, 0.25) is 11.8 Å². The first-order chi connectivity index (χ1) is 15.4. The average molecular weight is 454 g/mol. The van der Waals surface area contributed by atoms with Crippen molar-refractivity contribution in [2.45, 2.75) is 43.0 Å². The molecule has 0 spiro atoms. The molecule has 2 aromatic rings. The second-order valence-corrected chi connectivity index (χ2v) is 10.9. The van der Waals surface area contributed by atoms with E-state index in [0.717, 1.165) is 23.6 Å². The van der Waals surface area contributed by atoms with Gasteiger partial charge in [0.05, 0.1) is 22.6 Å². The number of amides is 2. The van der Waals surface area contributed by atoms with Crippen molar-refractivity contribution in [3.8, 4) is 6.07 Å². The van der Waals surface area contributed by atoms with Crippen LogP contribution in [0.15, 0.2) is 47.4 Å². The van der Waals surface area contributed by atoms with Crippen molar-refractivity contribution in [2.75, 3.05) is 12.3 Å². The normalized spacial score (nSPS) is 20.3. The zero-order valence-corrected chi connectivity index (χ0v) is 18.6. The molecule has 0 aromatic heterocycles. The topological polar surface area (TPSA) is 116 Å². The molecule has 1 saturated carbocycles. The Kier molecular flexibility index (Phi) is 6.47. The summed E-state index contributed by atoms with van der Waals surface area (Å²) in [6.45, 7) is 0.573. The summed E-state index contributed by atoms with van der Waals surface area (Å²) in [5, 5.41) is 16.7. The highest BCUT2D eigenvalue weighted by atomic mass is 32.2. The largest absolute Gasteiger partial charge is 0.356 e. The molecule has 1 heterocycles. The molecule has 1 aliphatic carbocycles. The van der Waals surface area contributed by atoms with Crippen LogP contribution in [0.1, 0.15) is 32.1 Å². The number of nitrogens with zero attached hydrogens (tertiary/aromatic N) is 1. The van der Waals surface area contributed by atoms with E-state index in [0.29, 0.717) is 25.3 Å². The van der Waals surface area contributed by atoms with Gasteiger partial charge in [-0.3, -0.25) is 9.59 Å². The molecule has 4 rings (SSSR count). The molecule has 2 amide bonds. The third kappa shape index (κ3) is 5.28. The number of hydrogen-bond acceptors (Lipinski definition) is 5. The van der Waals surface area contributed by atoms with Crippen LogP contribution in [0.3, 0.4) is 0 Å². The lowest BCUT2D eigenvalue weighted by Crippen LogP contribution is -2.42. The molecule has 2 aliphatic rings. The van der Waals surface area contributed by atoms with E-state index in [4.69, 9.17) is 0 Å². The number of nitriles is 1. The highest BCUT2D eigenvalue weighted by Gasteiger charge is 2.35. The van der Waals surface area contributed by atoms with Gasteiger partial charge in [-0.2, -0.15) is 5.26 Å². The van der Waals surface area contributed by atoms with E-state index in [2.05, 4.69) is 16.7 Å². The van der Waals surface area contributed by atoms with Crippen LogP contribution >= 0.6 is 0 Å². The molecular weight excluding hydrogens is 426 g/mol. The highest BCUT2D eigenvalue weighted by molar-refractivity contribution is 7.91.